The van der Waals surface area contributed by atoms with Crippen LogP contribution in [0, 0.1) is 0 Å². The molecular weight excluding hydrogens is 260 g/mol. The van der Waals surface area contributed by atoms with Crippen LogP contribution in [0.1, 0.15) is 25.7 Å². The van der Waals surface area contributed by atoms with E-state index in [4.69, 9.17) is 30.4 Å². The smallest absolute Gasteiger partial charge is 0.340 e. The van der Waals surface area contributed by atoms with Crippen LogP contribution >= 0.6 is 15.2 Å². The maximum absolute atomic E-state index is 10.8. The summed E-state index contributed by atoms with van der Waals surface area (Å²) in [4.78, 5) is 35.1. The fourth-order valence-corrected chi connectivity index (χ4v) is 3.82. The van der Waals surface area contributed by atoms with E-state index in [2.05, 4.69) is 0 Å². The molecule has 0 fully saturated rings. The van der Waals surface area contributed by atoms with Gasteiger partial charge in [-0.15, -0.1) is 0 Å². The van der Waals surface area contributed by atoms with Gasteiger partial charge >= 0.3 is 15.2 Å². The average molecular weight is 277 g/mol. The molecule has 0 amide bonds. The Bertz CT molecular complexity index is 273. The number of aliphatic hydroxyl groups excluding tert-OH is 1. The molecule has 0 bridgehead atoms. The van der Waals surface area contributed by atoms with Crippen molar-refractivity contribution in [2.24, 2.45) is 5.73 Å². The predicted molar refractivity (Wildman–Crippen MR) is 56.5 cm³/mol. The lowest BCUT2D eigenvalue weighted by atomic mass is 10.2. The van der Waals surface area contributed by atoms with Crippen molar-refractivity contribution in [3.63, 3.8) is 0 Å². The second kappa shape index (κ2) is 6.23. The van der Waals surface area contributed by atoms with Crippen LogP contribution in [0.5, 0.6) is 0 Å². The Balaban J connectivity index is 4.27. The zero-order chi connectivity index (χ0) is 13.0. The number of rotatable bonds is 7. The minimum Gasteiger partial charge on any atom is -0.379 e. The zero-order valence-corrected chi connectivity index (χ0v) is 10.3. The van der Waals surface area contributed by atoms with Gasteiger partial charge in [-0.3, -0.25) is 9.13 Å². The lowest BCUT2D eigenvalue weighted by molar-refractivity contribution is 0.168. The second-order valence-electron chi connectivity index (χ2n) is 3.51. The molecule has 16 heavy (non-hydrogen) atoms. The first-order valence-corrected chi connectivity index (χ1v) is 7.95. The Kier molecular flexibility index (Phi) is 6.32. The first-order valence-electron chi connectivity index (χ1n) is 4.59. The molecule has 10 heteroatoms. The second-order valence-corrected chi connectivity index (χ2v) is 7.52. The van der Waals surface area contributed by atoms with E-state index in [1.807, 2.05) is 0 Å². The van der Waals surface area contributed by atoms with E-state index in [9.17, 15) is 9.13 Å². The van der Waals surface area contributed by atoms with Crippen LogP contribution in [0.2, 0.25) is 0 Å². The van der Waals surface area contributed by atoms with Crippen LogP contribution in [-0.2, 0) is 9.13 Å². The van der Waals surface area contributed by atoms with Crippen LogP contribution in [0.15, 0.2) is 0 Å². The van der Waals surface area contributed by atoms with Gasteiger partial charge in [0.1, 0.15) is 6.23 Å². The minimum atomic E-state index is -4.82. The average Bonchev–Trinajstić information content (AvgIpc) is 1.97. The molecule has 8 nitrogen and oxygen atoms in total. The maximum atomic E-state index is 10.8. The third-order valence-corrected chi connectivity index (χ3v) is 5.86. The fourth-order valence-electron chi connectivity index (χ4n) is 1.21. The standard InChI is InChI=1S/C6H17NO7P2/c7-5(8)3-1-2-4-6(15(9,10)11)16(12,13)14/h5-6,8H,1-4,7H2,(H2,9,10,11)(H2,12,13,14). The fraction of sp³-hybridized carbons (Fsp3) is 1.00. The molecule has 0 spiro atoms. The van der Waals surface area contributed by atoms with E-state index >= 15 is 0 Å². The number of aliphatic hydroxyl groups is 1. The Morgan fingerprint density at radius 1 is 0.938 bits per heavy atom. The number of unbranched alkanes of at least 4 members (excludes halogenated alkanes) is 1. The highest BCUT2D eigenvalue weighted by Crippen LogP contribution is 2.61. The Hall–Kier alpha value is 0.220. The van der Waals surface area contributed by atoms with Gasteiger partial charge < -0.3 is 30.4 Å². The summed E-state index contributed by atoms with van der Waals surface area (Å²) in [5.41, 5.74) is 5.03. The molecule has 0 heterocycles. The molecule has 0 aromatic rings. The highest BCUT2D eigenvalue weighted by atomic mass is 31.2. The Morgan fingerprint density at radius 3 is 1.62 bits per heavy atom. The van der Waals surface area contributed by atoms with Crippen molar-refractivity contribution in [1.29, 1.82) is 0 Å². The molecule has 1 unspecified atom stereocenters. The van der Waals surface area contributed by atoms with Crippen molar-refractivity contribution in [3.05, 3.63) is 0 Å². The molecule has 0 saturated carbocycles. The van der Waals surface area contributed by atoms with E-state index < -0.39 is 26.8 Å². The number of hydrogen-bond acceptors (Lipinski definition) is 4. The van der Waals surface area contributed by atoms with E-state index in [1.54, 1.807) is 0 Å². The summed E-state index contributed by atoms with van der Waals surface area (Å²) in [7, 11) is -9.64. The highest BCUT2D eigenvalue weighted by molar-refractivity contribution is 7.70. The van der Waals surface area contributed by atoms with Crippen LogP contribution in [0.3, 0.4) is 0 Å². The van der Waals surface area contributed by atoms with Gasteiger partial charge in [0.05, 0.1) is 0 Å². The van der Waals surface area contributed by atoms with Crippen LogP contribution in [-0.4, -0.2) is 36.3 Å². The molecule has 7 N–H and O–H groups in total. The quantitative estimate of drug-likeness (QED) is 0.206. The molecule has 0 radical (unpaired) electrons. The Labute approximate surface area is 92.8 Å². The van der Waals surface area contributed by atoms with Crippen molar-refractivity contribution >= 4 is 15.2 Å². The van der Waals surface area contributed by atoms with E-state index in [-0.39, 0.29) is 19.3 Å². The maximum Gasteiger partial charge on any atom is 0.340 e. The number of nitrogens with two attached hydrogens (primary N) is 1. The summed E-state index contributed by atoms with van der Waals surface area (Å²) in [6, 6.07) is 0. The lowest BCUT2D eigenvalue weighted by Crippen LogP contribution is -2.18. The molecule has 98 valence electrons. The van der Waals surface area contributed by atoms with E-state index in [0.717, 1.165) is 0 Å². The first-order chi connectivity index (χ1) is 7.05. The summed E-state index contributed by atoms with van der Waals surface area (Å²) in [6.45, 7) is 0. The van der Waals surface area contributed by atoms with Crippen molar-refractivity contribution in [2.45, 2.75) is 37.3 Å². The van der Waals surface area contributed by atoms with Gasteiger partial charge in [0, 0.05) is 0 Å². The monoisotopic (exact) mass is 277 g/mol. The molecule has 0 aromatic carbocycles. The van der Waals surface area contributed by atoms with Gasteiger partial charge in [-0.25, -0.2) is 0 Å². The summed E-state index contributed by atoms with van der Waals surface area (Å²) >= 11 is 0. The van der Waals surface area contributed by atoms with Crippen LogP contribution in [0.25, 0.3) is 0 Å². The van der Waals surface area contributed by atoms with Crippen LogP contribution < -0.4 is 5.73 Å². The predicted octanol–water partition coefficient (Wildman–Crippen LogP) is -0.495. The van der Waals surface area contributed by atoms with Gasteiger partial charge in [-0.1, -0.05) is 6.42 Å². The molecule has 0 aromatic heterocycles. The van der Waals surface area contributed by atoms with Crippen molar-refractivity contribution in [2.75, 3.05) is 0 Å². The van der Waals surface area contributed by atoms with Gasteiger partial charge in [-0.2, -0.15) is 0 Å². The summed E-state index contributed by atoms with van der Waals surface area (Å²) < 4.78 is 21.7. The molecular formula is C6H17NO7P2. The first kappa shape index (κ1) is 16.2. The number of hydrogen-bond donors (Lipinski definition) is 6. The summed E-state index contributed by atoms with van der Waals surface area (Å²) in [5.74, 6) is 0. The topological polar surface area (TPSA) is 161 Å². The van der Waals surface area contributed by atoms with Crippen molar-refractivity contribution in [1.82, 2.24) is 0 Å². The van der Waals surface area contributed by atoms with Gasteiger partial charge in [-0.05, 0) is 19.3 Å². The normalized spacial score (nSPS) is 15.4. The molecule has 0 aliphatic rings. The van der Waals surface area contributed by atoms with Gasteiger partial charge in [0.25, 0.3) is 0 Å². The van der Waals surface area contributed by atoms with Gasteiger partial charge in [0.15, 0.2) is 5.40 Å². The molecule has 0 aliphatic carbocycles. The van der Waals surface area contributed by atoms with E-state index in [1.165, 1.54) is 0 Å². The highest BCUT2D eigenvalue weighted by Gasteiger charge is 2.42. The molecule has 0 saturated heterocycles. The van der Waals surface area contributed by atoms with E-state index in [0.29, 0.717) is 6.42 Å². The zero-order valence-electron chi connectivity index (χ0n) is 8.51. The molecule has 1 atom stereocenters. The summed E-state index contributed by atoms with van der Waals surface area (Å²) in [6.07, 6.45) is -0.594. The molecule has 0 aliphatic heterocycles. The van der Waals surface area contributed by atoms with Crippen LogP contribution in [0.4, 0.5) is 0 Å². The SMILES string of the molecule is NC(O)CCCCC(P(=O)(O)O)P(=O)(O)O. The largest absolute Gasteiger partial charge is 0.379 e. The van der Waals surface area contributed by atoms with Gasteiger partial charge in [0.2, 0.25) is 0 Å². The Morgan fingerprint density at radius 2 is 1.31 bits per heavy atom. The van der Waals surface area contributed by atoms with Crippen molar-refractivity contribution < 1.29 is 33.8 Å². The minimum absolute atomic E-state index is 0.176. The summed E-state index contributed by atoms with van der Waals surface area (Å²) in [5, 5.41) is 6.74. The molecule has 0 rings (SSSR count). The third kappa shape index (κ3) is 6.73. The van der Waals surface area contributed by atoms with Crippen molar-refractivity contribution in [3.8, 4) is 0 Å². The third-order valence-electron chi connectivity index (χ3n) is 1.99. The lowest BCUT2D eigenvalue weighted by Gasteiger charge is -2.19.